The number of amides is 1. The van der Waals surface area contributed by atoms with Gasteiger partial charge in [0.1, 0.15) is 6.61 Å². The second kappa shape index (κ2) is 6.60. The largest absolute Gasteiger partial charge is 0.472 e. The van der Waals surface area contributed by atoms with Crippen LogP contribution in [0.2, 0.25) is 0 Å². The number of furan rings is 1. The minimum atomic E-state index is -0.229. The van der Waals surface area contributed by atoms with Gasteiger partial charge in [-0.2, -0.15) is 0 Å². The highest BCUT2D eigenvalue weighted by molar-refractivity contribution is 5.96. The molecular formula is C16H15NO3. The van der Waals surface area contributed by atoms with Gasteiger partial charge in [0.05, 0.1) is 18.1 Å². The van der Waals surface area contributed by atoms with Crippen molar-refractivity contribution in [3.8, 4) is 11.8 Å². The van der Waals surface area contributed by atoms with Crippen LogP contribution in [0.3, 0.4) is 0 Å². The van der Waals surface area contributed by atoms with Crippen molar-refractivity contribution in [1.29, 1.82) is 0 Å². The van der Waals surface area contributed by atoms with Crippen LogP contribution in [0, 0.1) is 11.8 Å². The summed E-state index contributed by atoms with van der Waals surface area (Å²) in [4.78, 5) is 14.0. The summed E-state index contributed by atoms with van der Waals surface area (Å²) in [6, 6.07) is 8.93. The number of benzene rings is 1. The predicted molar refractivity (Wildman–Crippen MR) is 74.9 cm³/mol. The summed E-state index contributed by atoms with van der Waals surface area (Å²) in [6.07, 6.45) is 3.19. The summed E-state index contributed by atoms with van der Waals surface area (Å²) in [5, 5.41) is 8.76. The van der Waals surface area contributed by atoms with Gasteiger partial charge in [0, 0.05) is 24.7 Å². The average Bonchev–Trinajstić information content (AvgIpc) is 2.97. The Bertz CT molecular complexity index is 635. The predicted octanol–water partition coefficient (Wildman–Crippen LogP) is 1.90. The monoisotopic (exact) mass is 269 g/mol. The first-order chi connectivity index (χ1) is 9.72. The average molecular weight is 269 g/mol. The van der Waals surface area contributed by atoms with E-state index in [1.54, 1.807) is 42.7 Å². The van der Waals surface area contributed by atoms with Crippen molar-refractivity contribution in [3.63, 3.8) is 0 Å². The lowest BCUT2D eigenvalue weighted by molar-refractivity contribution is 0.0784. The maximum absolute atomic E-state index is 12.4. The minimum Gasteiger partial charge on any atom is -0.472 e. The Morgan fingerprint density at radius 1 is 1.35 bits per heavy atom. The van der Waals surface area contributed by atoms with Gasteiger partial charge in [0.25, 0.3) is 5.91 Å². The number of aliphatic hydroxyl groups is 1. The molecule has 1 aromatic heterocycles. The fraction of sp³-hybridized carbons (Fsp3) is 0.188. The molecular weight excluding hydrogens is 254 g/mol. The summed E-state index contributed by atoms with van der Waals surface area (Å²) in [6.45, 7) is 0.241. The summed E-state index contributed by atoms with van der Waals surface area (Å²) >= 11 is 0. The molecule has 4 nitrogen and oxygen atoms in total. The van der Waals surface area contributed by atoms with Gasteiger partial charge in [-0.05, 0) is 18.2 Å². The highest BCUT2D eigenvalue weighted by atomic mass is 16.3. The van der Waals surface area contributed by atoms with Crippen LogP contribution < -0.4 is 0 Å². The Balaban J connectivity index is 2.20. The van der Waals surface area contributed by atoms with Crippen molar-refractivity contribution in [2.75, 3.05) is 13.7 Å². The van der Waals surface area contributed by atoms with E-state index in [1.165, 1.54) is 0 Å². The van der Waals surface area contributed by atoms with Crippen molar-refractivity contribution < 1.29 is 14.3 Å². The SMILES string of the molecule is CN(Cc1ccoc1)C(=O)c1ccccc1C#CCO. The van der Waals surface area contributed by atoms with Gasteiger partial charge in [-0.1, -0.05) is 24.0 Å². The number of hydrogen-bond acceptors (Lipinski definition) is 3. The normalized spacial score (nSPS) is 9.70. The van der Waals surface area contributed by atoms with Gasteiger partial charge in [-0.25, -0.2) is 0 Å². The standard InChI is InChI=1S/C16H15NO3/c1-17(11-13-8-10-20-12-13)16(19)15-7-3-2-5-14(15)6-4-9-18/h2-3,5,7-8,10,12,18H,9,11H2,1H3. The molecule has 4 heteroatoms. The Labute approximate surface area is 117 Å². The number of nitrogens with zero attached hydrogens (tertiary/aromatic N) is 1. The van der Waals surface area contributed by atoms with Gasteiger partial charge in [-0.3, -0.25) is 4.79 Å². The van der Waals surface area contributed by atoms with Gasteiger partial charge >= 0.3 is 0 Å². The molecule has 0 bridgehead atoms. The molecule has 0 radical (unpaired) electrons. The van der Waals surface area contributed by atoms with Gasteiger partial charge in [-0.15, -0.1) is 0 Å². The van der Waals surface area contributed by atoms with Gasteiger partial charge in [0.15, 0.2) is 0 Å². The van der Waals surface area contributed by atoms with E-state index < -0.39 is 0 Å². The molecule has 0 saturated carbocycles. The maximum atomic E-state index is 12.4. The molecule has 0 spiro atoms. The first kappa shape index (κ1) is 13.9. The van der Waals surface area contributed by atoms with E-state index in [2.05, 4.69) is 11.8 Å². The van der Waals surface area contributed by atoms with Crippen LogP contribution in [0.5, 0.6) is 0 Å². The number of aliphatic hydroxyl groups excluding tert-OH is 1. The maximum Gasteiger partial charge on any atom is 0.255 e. The molecule has 0 aliphatic rings. The third-order valence-corrected chi connectivity index (χ3v) is 2.81. The van der Waals surface area contributed by atoms with Crippen LogP contribution in [0.4, 0.5) is 0 Å². The Hall–Kier alpha value is -2.51. The van der Waals surface area contributed by atoms with Gasteiger partial charge < -0.3 is 14.4 Å². The van der Waals surface area contributed by atoms with Crippen LogP contribution >= 0.6 is 0 Å². The van der Waals surface area contributed by atoms with E-state index in [9.17, 15) is 4.79 Å². The lowest BCUT2D eigenvalue weighted by Crippen LogP contribution is -2.26. The van der Waals surface area contributed by atoms with Crippen molar-refractivity contribution >= 4 is 5.91 Å². The van der Waals surface area contributed by atoms with Crippen molar-refractivity contribution in [3.05, 3.63) is 59.5 Å². The summed E-state index contributed by atoms with van der Waals surface area (Å²) < 4.78 is 4.99. The van der Waals surface area contributed by atoms with Crippen LogP contribution in [0.25, 0.3) is 0 Å². The molecule has 20 heavy (non-hydrogen) atoms. The summed E-state index contributed by atoms with van der Waals surface area (Å²) in [5.74, 6) is 5.24. The quantitative estimate of drug-likeness (QED) is 0.866. The topological polar surface area (TPSA) is 53.7 Å². The molecule has 0 saturated heterocycles. The summed E-state index contributed by atoms with van der Waals surface area (Å²) in [5.41, 5.74) is 2.07. The molecule has 1 amide bonds. The first-order valence-corrected chi connectivity index (χ1v) is 6.17. The number of rotatable bonds is 3. The van der Waals surface area contributed by atoms with E-state index in [4.69, 9.17) is 9.52 Å². The fourth-order valence-corrected chi connectivity index (χ4v) is 1.85. The Morgan fingerprint density at radius 3 is 2.85 bits per heavy atom. The molecule has 0 atom stereocenters. The second-order valence-corrected chi connectivity index (χ2v) is 4.30. The Morgan fingerprint density at radius 2 is 2.15 bits per heavy atom. The molecule has 2 aromatic rings. The van der Waals surface area contributed by atoms with E-state index >= 15 is 0 Å². The zero-order valence-corrected chi connectivity index (χ0v) is 11.2. The van der Waals surface area contributed by atoms with E-state index in [1.807, 2.05) is 12.1 Å². The molecule has 1 aromatic carbocycles. The highest BCUT2D eigenvalue weighted by Gasteiger charge is 2.15. The molecule has 2 rings (SSSR count). The lowest BCUT2D eigenvalue weighted by atomic mass is 10.1. The van der Waals surface area contributed by atoms with Crippen LogP contribution in [0.1, 0.15) is 21.5 Å². The van der Waals surface area contributed by atoms with E-state index in [0.717, 1.165) is 5.56 Å². The fourth-order valence-electron chi connectivity index (χ4n) is 1.85. The molecule has 0 fully saturated rings. The van der Waals surface area contributed by atoms with Gasteiger partial charge in [0.2, 0.25) is 0 Å². The Kier molecular flexibility index (Phi) is 4.59. The zero-order chi connectivity index (χ0) is 14.4. The first-order valence-electron chi connectivity index (χ1n) is 6.17. The van der Waals surface area contributed by atoms with E-state index in [-0.39, 0.29) is 12.5 Å². The van der Waals surface area contributed by atoms with Crippen LogP contribution in [0.15, 0.2) is 47.3 Å². The number of hydrogen-bond donors (Lipinski definition) is 1. The number of carbonyl (C=O) groups excluding carboxylic acids is 1. The second-order valence-electron chi connectivity index (χ2n) is 4.30. The lowest BCUT2D eigenvalue weighted by Gasteiger charge is -2.17. The molecule has 1 heterocycles. The van der Waals surface area contributed by atoms with E-state index in [0.29, 0.717) is 17.7 Å². The van der Waals surface area contributed by atoms with Crippen LogP contribution in [-0.2, 0) is 6.54 Å². The zero-order valence-electron chi connectivity index (χ0n) is 11.2. The molecule has 102 valence electrons. The molecule has 1 N–H and O–H groups in total. The molecule has 0 aliphatic carbocycles. The molecule has 0 aliphatic heterocycles. The van der Waals surface area contributed by atoms with Crippen LogP contribution in [-0.4, -0.2) is 29.6 Å². The highest BCUT2D eigenvalue weighted by Crippen LogP contribution is 2.12. The third-order valence-electron chi connectivity index (χ3n) is 2.81. The minimum absolute atomic E-state index is 0.117. The molecule has 0 unspecified atom stereocenters. The smallest absolute Gasteiger partial charge is 0.255 e. The van der Waals surface area contributed by atoms with Crippen molar-refractivity contribution in [1.82, 2.24) is 4.90 Å². The third kappa shape index (κ3) is 3.28. The summed E-state index contributed by atoms with van der Waals surface area (Å²) in [7, 11) is 1.73. The van der Waals surface area contributed by atoms with Crippen molar-refractivity contribution in [2.24, 2.45) is 0 Å². The number of carbonyl (C=O) groups is 1. The van der Waals surface area contributed by atoms with Crippen molar-refractivity contribution in [2.45, 2.75) is 6.54 Å².